The van der Waals surface area contributed by atoms with E-state index in [1.54, 1.807) is 0 Å². The van der Waals surface area contributed by atoms with Gasteiger partial charge in [0, 0.05) is 12.5 Å². The lowest BCUT2D eigenvalue weighted by Gasteiger charge is -2.16. The first-order chi connectivity index (χ1) is 8.97. The van der Waals surface area contributed by atoms with Gasteiger partial charge in [-0.15, -0.1) is 0 Å². The summed E-state index contributed by atoms with van der Waals surface area (Å²) < 4.78 is 5.66. The van der Waals surface area contributed by atoms with E-state index in [4.69, 9.17) is 4.74 Å². The number of aliphatic hydroxyl groups is 1. The van der Waals surface area contributed by atoms with Gasteiger partial charge in [-0.2, -0.15) is 0 Å². The van der Waals surface area contributed by atoms with Crippen LogP contribution in [0.2, 0.25) is 0 Å². The topological polar surface area (TPSA) is 41.5 Å². The Kier molecular flexibility index (Phi) is 6.89. The van der Waals surface area contributed by atoms with Crippen LogP contribution in [0.5, 0.6) is 5.75 Å². The number of nitrogens with one attached hydrogen (secondary N) is 1. The minimum Gasteiger partial charge on any atom is -0.494 e. The highest BCUT2D eigenvalue weighted by atomic mass is 16.5. The zero-order chi connectivity index (χ0) is 14.3. The van der Waals surface area contributed by atoms with Crippen LogP contribution in [-0.4, -0.2) is 24.0 Å². The van der Waals surface area contributed by atoms with Gasteiger partial charge in [0.25, 0.3) is 0 Å². The SMILES string of the molecule is CC(C)CCOc1ccc(C[C@H](O)NC(C)C)cc1. The van der Waals surface area contributed by atoms with Crippen molar-refractivity contribution in [3.05, 3.63) is 29.8 Å². The molecule has 0 unspecified atom stereocenters. The Morgan fingerprint density at radius 1 is 1.11 bits per heavy atom. The van der Waals surface area contributed by atoms with Crippen LogP contribution in [-0.2, 0) is 6.42 Å². The Hall–Kier alpha value is -1.06. The Balaban J connectivity index is 2.38. The van der Waals surface area contributed by atoms with E-state index in [1.165, 1.54) is 0 Å². The van der Waals surface area contributed by atoms with Crippen molar-refractivity contribution in [2.24, 2.45) is 5.92 Å². The number of rotatable bonds is 8. The first-order valence-electron chi connectivity index (χ1n) is 7.13. The molecule has 1 atom stereocenters. The van der Waals surface area contributed by atoms with Crippen LogP contribution in [0.3, 0.4) is 0 Å². The molecule has 0 saturated heterocycles. The average Bonchev–Trinajstić information content (AvgIpc) is 2.29. The molecule has 1 aromatic rings. The lowest BCUT2D eigenvalue weighted by atomic mass is 10.1. The summed E-state index contributed by atoms with van der Waals surface area (Å²) in [6.07, 6.45) is 1.19. The molecule has 0 saturated carbocycles. The van der Waals surface area contributed by atoms with Crippen molar-refractivity contribution in [2.45, 2.75) is 52.8 Å². The van der Waals surface area contributed by atoms with Crippen LogP contribution in [0.1, 0.15) is 39.7 Å². The van der Waals surface area contributed by atoms with Crippen molar-refractivity contribution in [2.75, 3.05) is 6.61 Å². The fraction of sp³-hybridized carbons (Fsp3) is 0.625. The minimum absolute atomic E-state index is 0.286. The molecule has 2 N–H and O–H groups in total. The van der Waals surface area contributed by atoms with Crippen molar-refractivity contribution >= 4 is 0 Å². The lowest BCUT2D eigenvalue weighted by Crippen LogP contribution is -2.36. The van der Waals surface area contributed by atoms with E-state index in [0.29, 0.717) is 12.3 Å². The summed E-state index contributed by atoms with van der Waals surface area (Å²) in [5.74, 6) is 1.56. The quantitative estimate of drug-likeness (QED) is 0.710. The monoisotopic (exact) mass is 265 g/mol. The fourth-order valence-corrected chi connectivity index (χ4v) is 1.80. The first kappa shape index (κ1) is 16.0. The second kappa shape index (κ2) is 8.18. The molecule has 0 bridgehead atoms. The molecule has 0 heterocycles. The Labute approximate surface area is 117 Å². The highest BCUT2D eigenvalue weighted by molar-refractivity contribution is 5.27. The van der Waals surface area contributed by atoms with Crippen molar-refractivity contribution in [1.29, 1.82) is 0 Å². The van der Waals surface area contributed by atoms with Crippen LogP contribution in [0, 0.1) is 5.92 Å². The molecule has 1 aromatic carbocycles. The summed E-state index contributed by atoms with van der Waals surface area (Å²) in [6, 6.07) is 8.25. The molecular weight excluding hydrogens is 238 g/mol. The largest absolute Gasteiger partial charge is 0.494 e. The molecule has 0 aliphatic heterocycles. The molecule has 0 aliphatic carbocycles. The van der Waals surface area contributed by atoms with Crippen LogP contribution < -0.4 is 10.1 Å². The Bertz CT molecular complexity index is 346. The maximum Gasteiger partial charge on any atom is 0.119 e. The fourth-order valence-electron chi connectivity index (χ4n) is 1.80. The van der Waals surface area contributed by atoms with Crippen molar-refractivity contribution in [3.8, 4) is 5.75 Å². The van der Waals surface area contributed by atoms with E-state index in [2.05, 4.69) is 19.2 Å². The van der Waals surface area contributed by atoms with Gasteiger partial charge in [-0.3, -0.25) is 5.32 Å². The van der Waals surface area contributed by atoms with Crippen LogP contribution in [0.15, 0.2) is 24.3 Å². The molecule has 0 aromatic heterocycles. The standard InChI is InChI=1S/C16H27NO2/c1-12(2)9-10-19-15-7-5-14(6-8-15)11-16(18)17-13(3)4/h5-8,12-13,16-18H,9-11H2,1-4H3/t16-/m0/s1. The van der Waals surface area contributed by atoms with Crippen LogP contribution in [0.4, 0.5) is 0 Å². The predicted molar refractivity (Wildman–Crippen MR) is 79.4 cm³/mol. The number of hydrogen-bond donors (Lipinski definition) is 2. The van der Waals surface area contributed by atoms with E-state index >= 15 is 0 Å². The van der Waals surface area contributed by atoms with E-state index in [9.17, 15) is 5.11 Å². The molecule has 0 fully saturated rings. The van der Waals surface area contributed by atoms with Crippen LogP contribution in [0.25, 0.3) is 0 Å². The molecule has 108 valence electrons. The van der Waals surface area contributed by atoms with Gasteiger partial charge in [-0.25, -0.2) is 0 Å². The molecule has 1 rings (SSSR count). The van der Waals surface area contributed by atoms with E-state index < -0.39 is 6.23 Å². The summed E-state index contributed by atoms with van der Waals surface area (Å²) in [5.41, 5.74) is 1.11. The van der Waals surface area contributed by atoms with Gasteiger partial charge in [-0.1, -0.05) is 26.0 Å². The summed E-state index contributed by atoms with van der Waals surface area (Å²) in [4.78, 5) is 0. The summed E-state index contributed by atoms with van der Waals surface area (Å²) in [7, 11) is 0. The van der Waals surface area contributed by atoms with E-state index in [-0.39, 0.29) is 6.04 Å². The number of ether oxygens (including phenoxy) is 1. The third-order valence-corrected chi connectivity index (χ3v) is 2.84. The first-order valence-corrected chi connectivity index (χ1v) is 7.13. The summed E-state index contributed by atoms with van der Waals surface area (Å²) in [5, 5.41) is 12.9. The summed E-state index contributed by atoms with van der Waals surface area (Å²) in [6.45, 7) is 9.18. The van der Waals surface area contributed by atoms with E-state index in [1.807, 2.05) is 38.1 Å². The molecule has 0 radical (unpaired) electrons. The van der Waals surface area contributed by atoms with Gasteiger partial charge in [0.1, 0.15) is 12.0 Å². The Morgan fingerprint density at radius 3 is 2.26 bits per heavy atom. The lowest BCUT2D eigenvalue weighted by molar-refractivity contribution is 0.127. The highest BCUT2D eigenvalue weighted by Crippen LogP contribution is 2.14. The molecule has 19 heavy (non-hydrogen) atoms. The van der Waals surface area contributed by atoms with Gasteiger partial charge in [0.15, 0.2) is 0 Å². The average molecular weight is 265 g/mol. The van der Waals surface area contributed by atoms with Gasteiger partial charge in [-0.05, 0) is 43.9 Å². The number of benzene rings is 1. The number of hydrogen-bond acceptors (Lipinski definition) is 3. The zero-order valence-corrected chi connectivity index (χ0v) is 12.5. The minimum atomic E-state index is -0.493. The molecule has 0 spiro atoms. The van der Waals surface area contributed by atoms with Gasteiger partial charge in [0.05, 0.1) is 6.61 Å². The highest BCUT2D eigenvalue weighted by Gasteiger charge is 2.06. The van der Waals surface area contributed by atoms with Crippen molar-refractivity contribution in [1.82, 2.24) is 5.32 Å². The second-order valence-electron chi connectivity index (χ2n) is 5.72. The number of aliphatic hydroxyl groups excluding tert-OH is 1. The smallest absolute Gasteiger partial charge is 0.119 e. The molecule has 0 aliphatic rings. The maximum absolute atomic E-state index is 9.80. The molecule has 3 nitrogen and oxygen atoms in total. The van der Waals surface area contributed by atoms with Gasteiger partial charge in [0.2, 0.25) is 0 Å². The van der Waals surface area contributed by atoms with Gasteiger partial charge >= 0.3 is 0 Å². The van der Waals surface area contributed by atoms with Crippen molar-refractivity contribution in [3.63, 3.8) is 0 Å². The molecule has 3 heteroatoms. The third-order valence-electron chi connectivity index (χ3n) is 2.84. The van der Waals surface area contributed by atoms with Crippen molar-refractivity contribution < 1.29 is 9.84 Å². The second-order valence-corrected chi connectivity index (χ2v) is 5.72. The maximum atomic E-state index is 9.80. The predicted octanol–water partition coefficient (Wildman–Crippen LogP) is 2.97. The van der Waals surface area contributed by atoms with Crippen LogP contribution >= 0.6 is 0 Å². The van der Waals surface area contributed by atoms with Gasteiger partial charge < -0.3 is 9.84 Å². The Morgan fingerprint density at radius 2 is 1.74 bits per heavy atom. The van der Waals surface area contributed by atoms with E-state index in [0.717, 1.165) is 24.3 Å². The zero-order valence-electron chi connectivity index (χ0n) is 12.5. The normalized spacial score (nSPS) is 13.0. The summed E-state index contributed by atoms with van der Waals surface area (Å²) >= 11 is 0. The third kappa shape index (κ3) is 7.19. The molecule has 0 amide bonds. The molecular formula is C16H27NO2.